The number of hydrogen-bond donors (Lipinski definition) is 1. The monoisotopic (exact) mass is 459 g/mol. The van der Waals surface area contributed by atoms with Gasteiger partial charge in [-0.05, 0) is 35.4 Å². The average Bonchev–Trinajstić information content (AvgIpc) is 3.26. The number of ether oxygens (including phenoxy) is 2. The summed E-state index contributed by atoms with van der Waals surface area (Å²) in [7, 11) is 3.95. The van der Waals surface area contributed by atoms with Crippen LogP contribution in [0.25, 0.3) is 0 Å². The van der Waals surface area contributed by atoms with Gasteiger partial charge >= 0.3 is 0 Å². The lowest BCUT2D eigenvalue weighted by atomic mass is 9.64. The smallest absolute Gasteiger partial charge is 0.233 e. The van der Waals surface area contributed by atoms with Gasteiger partial charge in [-0.3, -0.25) is 4.79 Å². The first-order valence-corrected chi connectivity index (χ1v) is 12.0. The number of nitrogens with zero attached hydrogens (tertiary/aromatic N) is 1. The van der Waals surface area contributed by atoms with E-state index in [1.807, 2.05) is 84.9 Å². The Balaban J connectivity index is 1.48. The molecule has 0 aliphatic carbocycles. The van der Waals surface area contributed by atoms with Crippen LogP contribution in [0.5, 0.6) is 11.5 Å². The van der Waals surface area contributed by atoms with E-state index in [9.17, 15) is 4.79 Å². The number of hydrogen-bond acceptors (Lipinski definition) is 3. The van der Waals surface area contributed by atoms with Gasteiger partial charge in [-0.25, -0.2) is 0 Å². The summed E-state index contributed by atoms with van der Waals surface area (Å²) in [5.41, 5.74) is 7.36. The molecule has 1 amide bonds. The molecule has 2 unspecified atom stereocenters. The van der Waals surface area contributed by atoms with Gasteiger partial charge in [0.1, 0.15) is 16.9 Å². The van der Waals surface area contributed by atoms with E-state index in [0.29, 0.717) is 6.61 Å². The van der Waals surface area contributed by atoms with E-state index in [1.165, 1.54) is 0 Å². The van der Waals surface area contributed by atoms with Crippen LogP contribution in [0.4, 0.5) is 0 Å². The van der Waals surface area contributed by atoms with Crippen molar-refractivity contribution < 1.29 is 18.8 Å². The summed E-state index contributed by atoms with van der Waals surface area (Å²) in [4.78, 5) is 13.3. The van der Waals surface area contributed by atoms with Gasteiger partial charge in [-0.1, -0.05) is 60.7 Å². The maximum Gasteiger partial charge on any atom is 0.233 e. The fourth-order valence-electron chi connectivity index (χ4n) is 5.57. The molecule has 3 aromatic carbocycles. The summed E-state index contributed by atoms with van der Waals surface area (Å²) in [5, 5.41) is 0. The first kappa shape index (κ1) is 23.8. The molecule has 0 radical (unpaired) electrons. The molecule has 178 valence electrons. The Morgan fingerprint density at radius 2 is 1.50 bits per heavy atom. The standard InChI is InChI=1S/C29H34N2O3/c1-31(19-9-21-34-27-16-14-26(33-2)15-17-27)20-18-25(22-31)29(28(30)32,23-10-5-3-6-11-23)24-12-7-4-8-13-24/h3-8,10-17,25H,9,18-22H2,1-2H3,(H-,30,32)/p+1. The van der Waals surface area contributed by atoms with E-state index in [2.05, 4.69) is 7.05 Å². The van der Waals surface area contributed by atoms with Crippen LogP contribution in [0.2, 0.25) is 0 Å². The maximum absolute atomic E-state index is 13.3. The minimum absolute atomic E-state index is 0.127. The maximum atomic E-state index is 13.3. The molecule has 2 N–H and O–H groups in total. The molecule has 2 atom stereocenters. The van der Waals surface area contributed by atoms with Crippen molar-refractivity contribution in [1.29, 1.82) is 0 Å². The Morgan fingerprint density at radius 3 is 2.03 bits per heavy atom. The van der Waals surface area contributed by atoms with Crippen LogP contribution in [0.15, 0.2) is 84.9 Å². The molecule has 1 aliphatic heterocycles. The van der Waals surface area contributed by atoms with Crippen molar-refractivity contribution in [2.24, 2.45) is 11.7 Å². The predicted molar refractivity (Wildman–Crippen MR) is 135 cm³/mol. The highest BCUT2D eigenvalue weighted by Gasteiger charge is 2.53. The van der Waals surface area contributed by atoms with E-state index >= 15 is 0 Å². The van der Waals surface area contributed by atoms with Gasteiger partial charge in [0.05, 0.1) is 40.4 Å². The topological polar surface area (TPSA) is 61.6 Å². The zero-order chi connectivity index (χ0) is 24.0. The molecule has 0 saturated carbocycles. The fourth-order valence-corrected chi connectivity index (χ4v) is 5.57. The second-order valence-electron chi connectivity index (χ2n) is 9.52. The number of carbonyl (C=O) groups is 1. The predicted octanol–water partition coefficient (Wildman–Crippen LogP) is 4.40. The molecule has 1 fully saturated rings. The first-order chi connectivity index (χ1) is 16.5. The lowest BCUT2D eigenvalue weighted by molar-refractivity contribution is -0.899. The van der Waals surface area contributed by atoms with Crippen molar-refractivity contribution in [3.63, 3.8) is 0 Å². The summed E-state index contributed by atoms with van der Waals surface area (Å²) >= 11 is 0. The van der Waals surface area contributed by atoms with E-state index in [1.54, 1.807) is 7.11 Å². The van der Waals surface area contributed by atoms with Crippen LogP contribution < -0.4 is 15.2 Å². The second-order valence-corrected chi connectivity index (χ2v) is 9.52. The molecule has 34 heavy (non-hydrogen) atoms. The summed E-state index contributed by atoms with van der Waals surface area (Å²) in [6.45, 7) is 3.56. The first-order valence-electron chi connectivity index (χ1n) is 12.0. The molecule has 1 heterocycles. The number of carbonyl (C=O) groups excluding carboxylic acids is 1. The minimum atomic E-state index is -0.835. The molecule has 0 bridgehead atoms. The number of rotatable bonds is 10. The molecule has 1 saturated heterocycles. The number of primary amides is 1. The zero-order valence-corrected chi connectivity index (χ0v) is 20.2. The molecule has 1 aliphatic rings. The van der Waals surface area contributed by atoms with Crippen LogP contribution in [-0.2, 0) is 10.2 Å². The quantitative estimate of drug-likeness (QED) is 0.361. The Morgan fingerprint density at radius 1 is 0.941 bits per heavy atom. The molecular formula is C29H35N2O3+. The van der Waals surface area contributed by atoms with Gasteiger partial charge in [0.2, 0.25) is 5.91 Å². The van der Waals surface area contributed by atoms with Crippen LogP contribution in [0.1, 0.15) is 24.0 Å². The van der Waals surface area contributed by atoms with Gasteiger partial charge in [-0.15, -0.1) is 0 Å². The van der Waals surface area contributed by atoms with Gasteiger partial charge in [0.25, 0.3) is 0 Å². The van der Waals surface area contributed by atoms with Crippen molar-refractivity contribution in [1.82, 2.24) is 0 Å². The highest BCUT2D eigenvalue weighted by atomic mass is 16.5. The van der Waals surface area contributed by atoms with Crippen LogP contribution in [0.3, 0.4) is 0 Å². The van der Waals surface area contributed by atoms with Crippen LogP contribution >= 0.6 is 0 Å². The molecular weight excluding hydrogens is 424 g/mol. The minimum Gasteiger partial charge on any atom is -0.497 e. The Kier molecular flexibility index (Phi) is 7.23. The lowest BCUT2D eigenvalue weighted by Crippen LogP contribution is -2.51. The van der Waals surface area contributed by atoms with Gasteiger partial charge in [0, 0.05) is 18.8 Å². The second kappa shape index (κ2) is 10.3. The van der Waals surface area contributed by atoms with Crippen molar-refractivity contribution in [3.8, 4) is 11.5 Å². The molecule has 5 nitrogen and oxygen atoms in total. The van der Waals surface area contributed by atoms with Crippen LogP contribution in [-0.4, -0.2) is 50.8 Å². The molecule has 3 aromatic rings. The SMILES string of the molecule is COc1ccc(OCCC[N+]2(C)CCC(C(C(N)=O)(c3ccccc3)c3ccccc3)C2)cc1. The third-order valence-corrected chi connectivity index (χ3v) is 7.31. The number of benzene rings is 3. The summed E-state index contributed by atoms with van der Waals surface area (Å²) < 4.78 is 12.1. The summed E-state index contributed by atoms with van der Waals surface area (Å²) in [6, 6.07) is 27.8. The van der Waals surface area contributed by atoms with E-state index in [-0.39, 0.29) is 11.8 Å². The largest absolute Gasteiger partial charge is 0.497 e. The van der Waals surface area contributed by atoms with Crippen LogP contribution in [0, 0.1) is 5.92 Å². The van der Waals surface area contributed by atoms with Crippen molar-refractivity contribution in [3.05, 3.63) is 96.1 Å². The average molecular weight is 460 g/mol. The highest BCUT2D eigenvalue weighted by Crippen LogP contribution is 2.45. The number of amides is 1. The third kappa shape index (κ3) is 4.80. The van der Waals surface area contributed by atoms with Gasteiger partial charge < -0.3 is 19.7 Å². The van der Waals surface area contributed by atoms with E-state index < -0.39 is 5.41 Å². The van der Waals surface area contributed by atoms with Crippen molar-refractivity contribution in [2.45, 2.75) is 18.3 Å². The number of methoxy groups -OCH3 is 1. The Hall–Kier alpha value is -3.31. The molecule has 0 aromatic heterocycles. The van der Waals surface area contributed by atoms with Crippen molar-refractivity contribution in [2.75, 3.05) is 40.4 Å². The van der Waals surface area contributed by atoms with Gasteiger partial charge in [0.15, 0.2) is 0 Å². The number of likely N-dealkylation sites (tertiary alicyclic amines) is 1. The molecule has 4 rings (SSSR count). The van der Waals surface area contributed by atoms with E-state index in [4.69, 9.17) is 15.2 Å². The summed E-state index contributed by atoms with van der Waals surface area (Å²) in [6.07, 6.45) is 1.89. The fraction of sp³-hybridized carbons (Fsp3) is 0.345. The Labute approximate surface area is 202 Å². The zero-order valence-electron chi connectivity index (χ0n) is 20.2. The van der Waals surface area contributed by atoms with E-state index in [0.717, 1.165) is 59.6 Å². The highest BCUT2D eigenvalue weighted by molar-refractivity contribution is 5.91. The number of nitrogens with two attached hydrogens (primary N) is 1. The molecule has 0 spiro atoms. The third-order valence-electron chi connectivity index (χ3n) is 7.31. The summed E-state index contributed by atoms with van der Waals surface area (Å²) in [5.74, 6) is 1.53. The Bertz CT molecular complexity index is 1030. The van der Waals surface area contributed by atoms with Crippen molar-refractivity contribution >= 4 is 5.91 Å². The molecule has 5 heteroatoms. The lowest BCUT2D eigenvalue weighted by Gasteiger charge is -2.38. The number of quaternary nitrogens is 1. The van der Waals surface area contributed by atoms with Gasteiger partial charge in [-0.2, -0.15) is 0 Å². The normalized spacial score (nSPS) is 20.1.